The molecule has 0 aromatic carbocycles. The van der Waals surface area contributed by atoms with Crippen LogP contribution in [-0.4, -0.2) is 9.78 Å². The van der Waals surface area contributed by atoms with Gasteiger partial charge in [-0.3, -0.25) is 0 Å². The number of nitrogens with zero attached hydrogens (tertiary/aromatic N) is 2. The lowest BCUT2D eigenvalue weighted by Crippen LogP contribution is -1.82. The van der Waals surface area contributed by atoms with Crippen molar-refractivity contribution < 1.29 is 0 Å². The Bertz CT molecular complexity index is 278. The maximum Gasteiger partial charge on any atom is 0.0526 e. The minimum absolute atomic E-state index is 0.767. The van der Waals surface area contributed by atoms with E-state index in [0.717, 1.165) is 18.4 Å². The highest BCUT2D eigenvalue weighted by Gasteiger charge is 1.93. The van der Waals surface area contributed by atoms with Gasteiger partial charge in [-0.25, -0.2) is 4.68 Å². The number of rotatable bonds is 3. The molecule has 2 heteroatoms. The van der Waals surface area contributed by atoms with Crippen LogP contribution in [-0.2, 0) is 6.42 Å². The van der Waals surface area contributed by atoms with E-state index in [2.05, 4.69) is 17.6 Å². The van der Waals surface area contributed by atoms with Gasteiger partial charge in [0.2, 0.25) is 0 Å². The van der Waals surface area contributed by atoms with Crippen LogP contribution in [0.1, 0.15) is 12.0 Å². The predicted octanol–water partition coefficient (Wildman–Crippen LogP) is 1.55. The minimum Gasteiger partial charge on any atom is -0.249 e. The monoisotopic (exact) mass is 146 g/mol. The van der Waals surface area contributed by atoms with E-state index < -0.39 is 0 Å². The molecule has 0 aliphatic rings. The first-order valence-electron chi connectivity index (χ1n) is 3.46. The van der Waals surface area contributed by atoms with Gasteiger partial charge in [0, 0.05) is 18.8 Å². The third-order valence-electron chi connectivity index (χ3n) is 1.40. The molecule has 0 bridgehead atoms. The van der Waals surface area contributed by atoms with Crippen LogP contribution in [0.5, 0.6) is 0 Å². The largest absolute Gasteiger partial charge is 0.249 e. The van der Waals surface area contributed by atoms with Gasteiger partial charge < -0.3 is 0 Å². The Balaban J connectivity index is 2.59. The Morgan fingerprint density at radius 2 is 2.64 bits per heavy atom. The number of hydrogen-bond donors (Lipinski definition) is 0. The van der Waals surface area contributed by atoms with Crippen LogP contribution in [0.15, 0.2) is 19.0 Å². The highest BCUT2D eigenvalue weighted by atomic mass is 15.2. The second kappa shape index (κ2) is 3.62. The van der Waals surface area contributed by atoms with Crippen molar-refractivity contribution in [1.82, 2.24) is 9.78 Å². The summed E-state index contributed by atoms with van der Waals surface area (Å²) in [7, 11) is 0. The predicted molar refractivity (Wildman–Crippen MR) is 45.8 cm³/mol. The van der Waals surface area contributed by atoms with Gasteiger partial charge in [-0.15, -0.1) is 12.3 Å². The SMILES string of the molecule is C#CCCc1cnn(C=C)c1. The second-order valence-electron chi connectivity index (χ2n) is 2.22. The fraction of sp³-hybridized carbons (Fsp3) is 0.222. The summed E-state index contributed by atoms with van der Waals surface area (Å²) in [6.45, 7) is 3.58. The van der Waals surface area contributed by atoms with E-state index in [-0.39, 0.29) is 0 Å². The van der Waals surface area contributed by atoms with E-state index in [1.165, 1.54) is 0 Å². The van der Waals surface area contributed by atoms with E-state index in [4.69, 9.17) is 6.42 Å². The second-order valence-corrected chi connectivity index (χ2v) is 2.22. The normalized spacial score (nSPS) is 9.00. The van der Waals surface area contributed by atoms with Crippen molar-refractivity contribution in [3.8, 4) is 12.3 Å². The molecule has 0 fully saturated rings. The zero-order valence-electron chi connectivity index (χ0n) is 6.33. The molecule has 0 atom stereocenters. The maximum absolute atomic E-state index is 5.12. The summed E-state index contributed by atoms with van der Waals surface area (Å²) in [5.41, 5.74) is 1.16. The lowest BCUT2D eigenvalue weighted by molar-refractivity contribution is 0.935. The molecule has 2 nitrogen and oxygen atoms in total. The molecule has 1 heterocycles. The third-order valence-corrected chi connectivity index (χ3v) is 1.40. The molecular formula is C9H10N2. The number of aromatic nitrogens is 2. The molecule has 0 radical (unpaired) electrons. The lowest BCUT2D eigenvalue weighted by atomic mass is 10.2. The van der Waals surface area contributed by atoms with E-state index >= 15 is 0 Å². The molecule has 0 spiro atoms. The quantitative estimate of drug-likeness (QED) is 0.591. The van der Waals surface area contributed by atoms with Crippen molar-refractivity contribution in [2.75, 3.05) is 0 Å². The zero-order chi connectivity index (χ0) is 8.10. The molecule has 11 heavy (non-hydrogen) atoms. The van der Waals surface area contributed by atoms with Crippen LogP contribution in [0.4, 0.5) is 0 Å². The van der Waals surface area contributed by atoms with Crippen molar-refractivity contribution in [1.29, 1.82) is 0 Å². The van der Waals surface area contributed by atoms with Gasteiger partial charge in [0.05, 0.1) is 6.20 Å². The first-order chi connectivity index (χ1) is 5.36. The van der Waals surface area contributed by atoms with Crippen LogP contribution in [0.25, 0.3) is 6.20 Å². The molecule has 1 aromatic rings. The molecule has 56 valence electrons. The first kappa shape index (κ1) is 7.62. The molecular weight excluding hydrogens is 136 g/mol. The molecule has 0 unspecified atom stereocenters. The average molecular weight is 146 g/mol. The van der Waals surface area contributed by atoms with Crippen molar-refractivity contribution in [3.63, 3.8) is 0 Å². The topological polar surface area (TPSA) is 17.8 Å². The third kappa shape index (κ3) is 1.98. The Morgan fingerprint density at radius 3 is 3.18 bits per heavy atom. The number of terminal acetylenes is 1. The van der Waals surface area contributed by atoms with Crippen LogP contribution in [0, 0.1) is 12.3 Å². The Kier molecular flexibility index (Phi) is 2.51. The van der Waals surface area contributed by atoms with E-state index in [0.29, 0.717) is 0 Å². The summed E-state index contributed by atoms with van der Waals surface area (Å²) < 4.78 is 1.67. The minimum atomic E-state index is 0.767. The van der Waals surface area contributed by atoms with Gasteiger partial charge in [-0.2, -0.15) is 5.10 Å². The zero-order valence-corrected chi connectivity index (χ0v) is 6.33. The molecule has 0 aliphatic heterocycles. The van der Waals surface area contributed by atoms with Gasteiger partial charge in [0.1, 0.15) is 0 Å². The van der Waals surface area contributed by atoms with E-state index in [1.807, 2.05) is 6.20 Å². The molecule has 0 saturated heterocycles. The van der Waals surface area contributed by atoms with Crippen LogP contribution >= 0.6 is 0 Å². The lowest BCUT2D eigenvalue weighted by Gasteiger charge is -1.87. The van der Waals surface area contributed by atoms with Gasteiger partial charge in [0.15, 0.2) is 0 Å². The summed E-state index contributed by atoms with van der Waals surface area (Å²) in [5, 5.41) is 4.02. The number of hydrogen-bond acceptors (Lipinski definition) is 1. The van der Waals surface area contributed by atoms with E-state index in [1.54, 1.807) is 17.1 Å². The Morgan fingerprint density at radius 1 is 1.82 bits per heavy atom. The summed E-state index contributed by atoms with van der Waals surface area (Å²) in [5.74, 6) is 2.58. The molecule has 1 aromatic heterocycles. The number of aryl methyl sites for hydroxylation is 1. The van der Waals surface area contributed by atoms with Gasteiger partial charge in [0.25, 0.3) is 0 Å². The molecule has 0 amide bonds. The van der Waals surface area contributed by atoms with Gasteiger partial charge >= 0.3 is 0 Å². The van der Waals surface area contributed by atoms with Gasteiger partial charge in [-0.05, 0) is 12.0 Å². The highest BCUT2D eigenvalue weighted by Crippen LogP contribution is 2.00. The van der Waals surface area contributed by atoms with Crippen molar-refractivity contribution >= 4 is 6.20 Å². The Labute approximate surface area is 66.5 Å². The van der Waals surface area contributed by atoms with Crippen LogP contribution < -0.4 is 0 Å². The fourth-order valence-electron chi connectivity index (χ4n) is 0.823. The van der Waals surface area contributed by atoms with Crippen molar-refractivity contribution in [2.24, 2.45) is 0 Å². The van der Waals surface area contributed by atoms with E-state index in [9.17, 15) is 0 Å². The Hall–Kier alpha value is -1.49. The van der Waals surface area contributed by atoms with Crippen LogP contribution in [0.3, 0.4) is 0 Å². The van der Waals surface area contributed by atoms with Gasteiger partial charge in [-0.1, -0.05) is 6.58 Å². The average Bonchev–Trinajstić information content (AvgIpc) is 2.48. The fourth-order valence-corrected chi connectivity index (χ4v) is 0.823. The molecule has 1 rings (SSSR count). The van der Waals surface area contributed by atoms with Crippen molar-refractivity contribution in [3.05, 3.63) is 24.5 Å². The standard InChI is InChI=1S/C9H10N2/c1-3-5-6-9-7-10-11(4-2)8-9/h1,4,7-8H,2,5-6H2. The maximum atomic E-state index is 5.12. The first-order valence-corrected chi connectivity index (χ1v) is 3.46. The molecule has 0 N–H and O–H groups in total. The summed E-state index contributed by atoms with van der Waals surface area (Å²) in [6, 6.07) is 0. The van der Waals surface area contributed by atoms with Crippen LogP contribution in [0.2, 0.25) is 0 Å². The smallest absolute Gasteiger partial charge is 0.0526 e. The summed E-state index contributed by atoms with van der Waals surface area (Å²) >= 11 is 0. The van der Waals surface area contributed by atoms with Crippen molar-refractivity contribution in [2.45, 2.75) is 12.8 Å². The summed E-state index contributed by atoms with van der Waals surface area (Å²) in [6.07, 6.45) is 12.2. The summed E-state index contributed by atoms with van der Waals surface area (Å²) in [4.78, 5) is 0. The highest BCUT2D eigenvalue weighted by molar-refractivity contribution is 5.18. The molecule has 0 aliphatic carbocycles. The molecule has 0 saturated carbocycles.